The van der Waals surface area contributed by atoms with Gasteiger partial charge in [0.2, 0.25) is 10.8 Å². The third-order valence-corrected chi connectivity index (χ3v) is 2.32. The van der Waals surface area contributed by atoms with Gasteiger partial charge < -0.3 is 0 Å². The minimum atomic E-state index is -4.85. The first-order valence-electron chi connectivity index (χ1n) is 4.77. The highest BCUT2D eigenvalue weighted by atomic mass is 35.5. The van der Waals surface area contributed by atoms with Crippen molar-refractivity contribution in [3.8, 4) is 0 Å². The van der Waals surface area contributed by atoms with Crippen molar-refractivity contribution in [2.45, 2.75) is 32.5 Å². The highest BCUT2D eigenvalue weighted by Crippen LogP contribution is 2.39. The molecule has 0 aliphatic rings. The molecule has 9 heteroatoms. The van der Waals surface area contributed by atoms with Gasteiger partial charge in [-0.05, 0) is 6.42 Å². The summed E-state index contributed by atoms with van der Waals surface area (Å²) in [5.74, 6) is 0. The Balaban J connectivity index is 3.31. The minimum Gasteiger partial charge on any atom is -0.258 e. The molecular weight excluding hydrogens is 263 g/mol. The van der Waals surface area contributed by atoms with E-state index in [-0.39, 0.29) is 6.54 Å². The van der Waals surface area contributed by atoms with Gasteiger partial charge in [-0.2, -0.15) is 18.3 Å². The summed E-state index contributed by atoms with van der Waals surface area (Å²) in [5, 5.41) is 13.2. The zero-order chi connectivity index (χ0) is 13.2. The summed E-state index contributed by atoms with van der Waals surface area (Å²) in [6.45, 7) is 1.73. The van der Waals surface area contributed by atoms with Gasteiger partial charge in [-0.3, -0.25) is 14.8 Å². The topological polar surface area (TPSA) is 61.0 Å². The first-order valence-corrected chi connectivity index (χ1v) is 5.14. The molecule has 0 aliphatic carbocycles. The predicted octanol–water partition coefficient (Wildman–Crippen LogP) is 3.26. The number of nitrogens with zero attached hydrogens (tertiary/aromatic N) is 3. The molecule has 1 aromatic rings. The lowest BCUT2D eigenvalue weighted by Gasteiger charge is -2.08. The van der Waals surface area contributed by atoms with Crippen LogP contribution in [0.1, 0.15) is 25.5 Å². The third-order valence-electron chi connectivity index (χ3n) is 2.06. The first-order chi connectivity index (χ1) is 7.79. The number of hydrogen-bond donors (Lipinski definition) is 0. The number of nitro groups is 1. The highest BCUT2D eigenvalue weighted by Gasteiger charge is 2.45. The molecule has 1 rings (SSSR count). The van der Waals surface area contributed by atoms with Crippen LogP contribution in [0.25, 0.3) is 0 Å². The van der Waals surface area contributed by atoms with Gasteiger partial charge in [-0.15, -0.1) is 0 Å². The Morgan fingerprint density at radius 1 is 1.53 bits per heavy atom. The van der Waals surface area contributed by atoms with E-state index in [2.05, 4.69) is 5.10 Å². The molecule has 1 aromatic heterocycles. The standard InChI is InChI=1S/C8H9ClF3N3O2/c1-2-3-4-14-6(8(10,11)12)5(15(16)17)7(9)13-14/h2-4H2,1H3. The molecule has 0 aromatic carbocycles. The highest BCUT2D eigenvalue weighted by molar-refractivity contribution is 6.31. The minimum absolute atomic E-state index is 0.0566. The smallest absolute Gasteiger partial charge is 0.258 e. The Kier molecular flexibility index (Phi) is 3.97. The molecule has 0 unspecified atom stereocenters. The van der Waals surface area contributed by atoms with Crippen molar-refractivity contribution >= 4 is 17.3 Å². The molecule has 1 heterocycles. The predicted molar refractivity (Wildman–Crippen MR) is 53.8 cm³/mol. The van der Waals surface area contributed by atoms with Gasteiger partial charge in [-0.1, -0.05) is 24.9 Å². The molecule has 0 bridgehead atoms. The second kappa shape index (κ2) is 4.91. The van der Waals surface area contributed by atoms with Gasteiger partial charge in [0.25, 0.3) is 0 Å². The molecule has 0 radical (unpaired) electrons. The lowest BCUT2D eigenvalue weighted by atomic mass is 10.3. The Labute approximate surface area is 99.3 Å². The molecular formula is C8H9ClF3N3O2. The SMILES string of the molecule is CCCCn1nc(Cl)c([N+](=O)[O-])c1C(F)(F)F. The van der Waals surface area contributed by atoms with E-state index in [4.69, 9.17) is 11.6 Å². The largest absolute Gasteiger partial charge is 0.440 e. The maximum absolute atomic E-state index is 12.7. The fourth-order valence-electron chi connectivity index (χ4n) is 1.34. The van der Waals surface area contributed by atoms with Gasteiger partial charge in [0.15, 0.2) is 0 Å². The Hall–Kier alpha value is -1.31. The van der Waals surface area contributed by atoms with E-state index in [0.717, 1.165) is 0 Å². The van der Waals surface area contributed by atoms with Crippen molar-refractivity contribution in [1.82, 2.24) is 9.78 Å². The zero-order valence-corrected chi connectivity index (χ0v) is 9.55. The zero-order valence-electron chi connectivity index (χ0n) is 8.79. The van der Waals surface area contributed by atoms with Gasteiger partial charge in [0.05, 0.1) is 4.92 Å². The van der Waals surface area contributed by atoms with Gasteiger partial charge in [0, 0.05) is 6.54 Å². The maximum Gasteiger partial charge on any atom is 0.440 e. The van der Waals surface area contributed by atoms with Crippen LogP contribution in [0.4, 0.5) is 18.9 Å². The summed E-state index contributed by atoms with van der Waals surface area (Å²) in [5.41, 5.74) is -2.59. The number of rotatable bonds is 4. The summed E-state index contributed by atoms with van der Waals surface area (Å²) >= 11 is 5.36. The van der Waals surface area contributed by atoms with Crippen molar-refractivity contribution in [3.63, 3.8) is 0 Å². The lowest BCUT2D eigenvalue weighted by Crippen LogP contribution is -2.16. The van der Waals surface area contributed by atoms with Crippen LogP contribution in [-0.2, 0) is 12.7 Å². The van der Waals surface area contributed by atoms with Crippen molar-refractivity contribution in [3.05, 3.63) is 21.0 Å². The summed E-state index contributed by atoms with van der Waals surface area (Å²) in [6.07, 6.45) is -3.78. The summed E-state index contributed by atoms with van der Waals surface area (Å²) in [4.78, 5) is 9.38. The Morgan fingerprint density at radius 2 is 2.12 bits per heavy atom. The average molecular weight is 272 g/mol. The van der Waals surface area contributed by atoms with Crippen LogP contribution in [0.15, 0.2) is 0 Å². The van der Waals surface area contributed by atoms with Crippen LogP contribution in [0.3, 0.4) is 0 Å². The monoisotopic (exact) mass is 271 g/mol. The van der Waals surface area contributed by atoms with Gasteiger partial charge in [-0.25, -0.2) is 0 Å². The third kappa shape index (κ3) is 2.87. The van der Waals surface area contributed by atoms with Gasteiger partial charge in [0.1, 0.15) is 0 Å². The van der Waals surface area contributed by atoms with Crippen molar-refractivity contribution in [2.75, 3.05) is 0 Å². The van der Waals surface area contributed by atoms with E-state index in [9.17, 15) is 23.3 Å². The molecule has 0 fully saturated rings. The van der Waals surface area contributed by atoms with Crippen LogP contribution < -0.4 is 0 Å². The van der Waals surface area contributed by atoms with E-state index in [1.807, 2.05) is 0 Å². The maximum atomic E-state index is 12.7. The van der Waals surface area contributed by atoms with E-state index in [1.165, 1.54) is 0 Å². The molecule has 0 amide bonds. The molecule has 96 valence electrons. The van der Waals surface area contributed by atoms with Gasteiger partial charge >= 0.3 is 11.9 Å². The second-order valence-corrected chi connectivity index (χ2v) is 3.68. The van der Waals surface area contributed by atoms with Crippen molar-refractivity contribution < 1.29 is 18.1 Å². The number of aromatic nitrogens is 2. The van der Waals surface area contributed by atoms with Crippen molar-refractivity contribution in [1.29, 1.82) is 0 Å². The summed E-state index contributed by atoms with van der Waals surface area (Å²) in [6, 6.07) is 0. The first kappa shape index (κ1) is 13.8. The van der Waals surface area contributed by atoms with E-state index in [1.54, 1.807) is 6.92 Å². The molecule has 0 spiro atoms. The summed E-state index contributed by atoms with van der Waals surface area (Å²) in [7, 11) is 0. The second-order valence-electron chi connectivity index (χ2n) is 3.32. The normalized spacial score (nSPS) is 11.8. The Morgan fingerprint density at radius 3 is 2.53 bits per heavy atom. The quantitative estimate of drug-likeness (QED) is 0.624. The lowest BCUT2D eigenvalue weighted by molar-refractivity contribution is -0.388. The molecule has 0 N–H and O–H groups in total. The van der Waals surface area contributed by atoms with Crippen LogP contribution in [0.5, 0.6) is 0 Å². The molecule has 0 saturated carbocycles. The van der Waals surface area contributed by atoms with Crippen molar-refractivity contribution in [2.24, 2.45) is 0 Å². The molecule has 5 nitrogen and oxygen atoms in total. The number of halogens is 4. The number of unbranched alkanes of at least 4 members (excludes halogenated alkanes) is 1. The molecule has 0 atom stereocenters. The molecule has 0 saturated heterocycles. The van der Waals surface area contributed by atoms with Crippen LogP contribution >= 0.6 is 11.6 Å². The van der Waals surface area contributed by atoms with E-state index in [0.29, 0.717) is 17.5 Å². The van der Waals surface area contributed by atoms with Crippen LogP contribution in [-0.4, -0.2) is 14.7 Å². The number of hydrogen-bond acceptors (Lipinski definition) is 3. The van der Waals surface area contributed by atoms with Crippen LogP contribution in [0.2, 0.25) is 5.15 Å². The van der Waals surface area contributed by atoms with Crippen LogP contribution in [0, 0.1) is 10.1 Å². The number of aryl methyl sites for hydroxylation is 1. The molecule has 17 heavy (non-hydrogen) atoms. The number of alkyl halides is 3. The fraction of sp³-hybridized carbons (Fsp3) is 0.625. The Bertz CT molecular complexity index is 430. The average Bonchev–Trinajstić information content (AvgIpc) is 2.51. The fourth-order valence-corrected chi connectivity index (χ4v) is 1.59. The van der Waals surface area contributed by atoms with E-state index < -0.39 is 27.6 Å². The van der Waals surface area contributed by atoms with E-state index >= 15 is 0 Å². The summed E-state index contributed by atoms with van der Waals surface area (Å²) < 4.78 is 38.6. The molecule has 0 aliphatic heterocycles.